The highest BCUT2D eigenvalue weighted by Crippen LogP contribution is 2.40. The van der Waals surface area contributed by atoms with Crippen LogP contribution < -0.4 is 19.9 Å². The molecule has 0 amide bonds. The van der Waals surface area contributed by atoms with Crippen molar-refractivity contribution in [1.29, 1.82) is 0 Å². The maximum Gasteiger partial charge on any atom is 0.203 e. The molecule has 0 saturated heterocycles. The molecule has 0 spiro atoms. The van der Waals surface area contributed by atoms with Gasteiger partial charge in [-0.3, -0.25) is 0 Å². The number of rotatable bonds is 39. The van der Waals surface area contributed by atoms with Crippen molar-refractivity contribution < 1.29 is 14.2 Å². The van der Waals surface area contributed by atoms with Crippen LogP contribution in [0.15, 0.2) is 12.1 Å². The highest BCUT2D eigenvalue weighted by atomic mass is 79.9. The molecular formula is C42H76Br3NO3. The maximum absolute atomic E-state index is 6.41. The minimum atomic E-state index is 0.678. The molecule has 288 valence electrons. The first kappa shape index (κ1) is 46.9. The zero-order valence-electron chi connectivity index (χ0n) is 31.5. The predicted octanol–water partition coefficient (Wildman–Crippen LogP) is 15.3. The van der Waals surface area contributed by atoms with E-state index in [1.54, 1.807) is 0 Å². The third-order valence-electron chi connectivity index (χ3n) is 9.39. The molecule has 1 aromatic carbocycles. The zero-order chi connectivity index (χ0) is 35.3. The monoisotopic (exact) mass is 879 g/mol. The van der Waals surface area contributed by atoms with Crippen molar-refractivity contribution in [1.82, 2.24) is 0 Å². The van der Waals surface area contributed by atoms with Crippen molar-refractivity contribution in [2.24, 2.45) is 0 Å². The number of nitrogens with two attached hydrogens (primary N) is 1. The third-order valence-corrected chi connectivity index (χ3v) is 11.1. The number of halogens is 3. The number of alkyl halides is 3. The Morgan fingerprint density at radius 1 is 0.327 bits per heavy atom. The van der Waals surface area contributed by atoms with E-state index in [1.165, 1.54) is 173 Å². The quantitative estimate of drug-likeness (QED) is 0.0407. The Balaban J connectivity index is 2.44. The number of benzene rings is 1. The Morgan fingerprint density at radius 2 is 0.551 bits per heavy atom. The molecule has 0 aromatic heterocycles. The summed E-state index contributed by atoms with van der Waals surface area (Å²) in [7, 11) is 0. The summed E-state index contributed by atoms with van der Waals surface area (Å²) in [5.41, 5.74) is 7.03. The Hall–Kier alpha value is -0.140. The summed E-state index contributed by atoms with van der Waals surface area (Å²) in [5.74, 6) is 2.24. The van der Waals surface area contributed by atoms with Gasteiger partial charge < -0.3 is 19.9 Å². The highest BCUT2D eigenvalue weighted by molar-refractivity contribution is 9.09. The van der Waals surface area contributed by atoms with Crippen molar-refractivity contribution in [3.8, 4) is 17.2 Å². The average molecular weight is 883 g/mol. The molecule has 0 aliphatic heterocycles. The SMILES string of the molecule is Nc1cc(OCCCCCCCCCCCCBr)c(OCCCCCCCCCCCCBr)c(OCCCCCCCCCCCCBr)c1. The lowest BCUT2D eigenvalue weighted by Gasteiger charge is -2.18. The number of hydrogen-bond acceptors (Lipinski definition) is 4. The maximum atomic E-state index is 6.41. The molecule has 0 aliphatic carbocycles. The molecule has 4 nitrogen and oxygen atoms in total. The van der Waals surface area contributed by atoms with Gasteiger partial charge in [-0.15, -0.1) is 0 Å². The largest absolute Gasteiger partial charge is 0.489 e. The molecule has 1 aromatic rings. The molecule has 2 N–H and O–H groups in total. The topological polar surface area (TPSA) is 53.7 Å². The summed E-state index contributed by atoms with van der Waals surface area (Å²) in [6.07, 6.45) is 39.2. The summed E-state index contributed by atoms with van der Waals surface area (Å²) in [5, 5.41) is 3.43. The van der Waals surface area contributed by atoms with E-state index in [0.29, 0.717) is 25.5 Å². The van der Waals surface area contributed by atoms with Gasteiger partial charge in [0.05, 0.1) is 19.8 Å². The van der Waals surface area contributed by atoms with Gasteiger partial charge in [0.15, 0.2) is 11.5 Å². The summed E-state index contributed by atoms with van der Waals surface area (Å²) < 4.78 is 19.0. The molecule has 0 bridgehead atoms. The molecule has 0 aliphatic rings. The molecule has 0 radical (unpaired) electrons. The number of unbranched alkanes of at least 4 members (excludes halogenated alkanes) is 27. The van der Waals surface area contributed by atoms with E-state index in [4.69, 9.17) is 19.9 Å². The minimum Gasteiger partial charge on any atom is -0.489 e. The first-order chi connectivity index (χ1) is 24.2. The van der Waals surface area contributed by atoms with E-state index < -0.39 is 0 Å². The zero-order valence-corrected chi connectivity index (χ0v) is 36.3. The second-order valence-electron chi connectivity index (χ2n) is 14.1. The minimum absolute atomic E-state index is 0.678. The number of nitrogen functional groups attached to an aromatic ring is 1. The van der Waals surface area contributed by atoms with Crippen LogP contribution in [0.1, 0.15) is 193 Å². The standard InChI is InChI=1S/C42H76Br3NO3/c43-31-25-19-13-7-1-4-10-16-22-28-34-47-40-37-39(46)38-41(48-35-29-23-17-11-5-2-8-14-20-26-32-44)42(40)49-36-30-24-18-12-6-3-9-15-21-27-33-45/h37-38H,1-36,46H2. The molecule has 0 atom stereocenters. The van der Waals surface area contributed by atoms with Gasteiger partial charge in [-0.1, -0.05) is 202 Å². The first-order valence-electron chi connectivity index (χ1n) is 20.7. The molecule has 1 rings (SSSR count). The second kappa shape index (κ2) is 37.6. The van der Waals surface area contributed by atoms with Crippen LogP contribution in [0.2, 0.25) is 0 Å². The number of ether oxygens (including phenoxy) is 3. The fourth-order valence-electron chi connectivity index (χ4n) is 6.32. The average Bonchev–Trinajstić information content (AvgIpc) is 3.10. The van der Waals surface area contributed by atoms with E-state index in [-0.39, 0.29) is 0 Å². The van der Waals surface area contributed by atoms with Crippen LogP contribution in [0.25, 0.3) is 0 Å². The smallest absolute Gasteiger partial charge is 0.203 e. The van der Waals surface area contributed by atoms with Crippen LogP contribution in [-0.2, 0) is 0 Å². The molecule has 0 heterocycles. The second-order valence-corrected chi connectivity index (χ2v) is 16.4. The van der Waals surface area contributed by atoms with Gasteiger partial charge in [-0.25, -0.2) is 0 Å². The lowest BCUT2D eigenvalue weighted by atomic mass is 10.1. The van der Waals surface area contributed by atoms with Gasteiger partial charge in [0, 0.05) is 33.8 Å². The van der Waals surface area contributed by atoms with Crippen molar-refractivity contribution in [3.63, 3.8) is 0 Å². The molecule has 49 heavy (non-hydrogen) atoms. The van der Waals surface area contributed by atoms with E-state index >= 15 is 0 Å². The lowest BCUT2D eigenvalue weighted by Crippen LogP contribution is -2.07. The fourth-order valence-corrected chi connectivity index (χ4v) is 7.51. The van der Waals surface area contributed by atoms with Crippen LogP contribution in [-0.4, -0.2) is 35.8 Å². The first-order valence-corrected chi connectivity index (χ1v) is 24.1. The van der Waals surface area contributed by atoms with E-state index in [0.717, 1.165) is 52.5 Å². The molecule has 0 saturated carbocycles. The van der Waals surface area contributed by atoms with Gasteiger partial charge >= 0.3 is 0 Å². The van der Waals surface area contributed by atoms with E-state index in [9.17, 15) is 0 Å². The molecule has 7 heteroatoms. The van der Waals surface area contributed by atoms with Crippen LogP contribution >= 0.6 is 47.8 Å². The summed E-state index contributed by atoms with van der Waals surface area (Å²) in [6, 6.07) is 3.85. The van der Waals surface area contributed by atoms with Crippen LogP contribution in [0, 0.1) is 0 Å². The van der Waals surface area contributed by atoms with Gasteiger partial charge in [0.2, 0.25) is 5.75 Å². The number of hydrogen-bond donors (Lipinski definition) is 1. The summed E-state index contributed by atoms with van der Waals surface area (Å²) >= 11 is 10.6. The Labute approximate surface area is 329 Å². The Morgan fingerprint density at radius 3 is 0.816 bits per heavy atom. The van der Waals surface area contributed by atoms with Gasteiger partial charge in [-0.05, 0) is 38.5 Å². The van der Waals surface area contributed by atoms with E-state index in [1.807, 2.05) is 12.1 Å². The fraction of sp³-hybridized carbons (Fsp3) is 0.857. The number of anilines is 1. The van der Waals surface area contributed by atoms with Crippen molar-refractivity contribution in [2.45, 2.75) is 193 Å². The van der Waals surface area contributed by atoms with Crippen molar-refractivity contribution in [3.05, 3.63) is 12.1 Å². The normalized spacial score (nSPS) is 11.3. The third kappa shape index (κ3) is 30.1. The van der Waals surface area contributed by atoms with E-state index in [2.05, 4.69) is 47.8 Å². The summed E-state index contributed by atoms with van der Waals surface area (Å²) in [6.45, 7) is 2.08. The van der Waals surface area contributed by atoms with Gasteiger partial charge in [0.25, 0.3) is 0 Å². The molecule has 0 unspecified atom stereocenters. The van der Waals surface area contributed by atoms with Crippen molar-refractivity contribution >= 4 is 53.5 Å². The lowest BCUT2D eigenvalue weighted by molar-refractivity contribution is 0.234. The van der Waals surface area contributed by atoms with Gasteiger partial charge in [0.1, 0.15) is 0 Å². The Kier molecular flexibility index (Phi) is 36.0. The summed E-state index contributed by atoms with van der Waals surface area (Å²) in [4.78, 5) is 0. The van der Waals surface area contributed by atoms with Gasteiger partial charge in [-0.2, -0.15) is 0 Å². The Bertz CT molecular complexity index is 779. The highest BCUT2D eigenvalue weighted by Gasteiger charge is 2.15. The molecular weight excluding hydrogens is 806 g/mol. The van der Waals surface area contributed by atoms with Crippen molar-refractivity contribution in [2.75, 3.05) is 41.5 Å². The molecule has 0 fully saturated rings. The predicted molar refractivity (Wildman–Crippen MR) is 227 cm³/mol. The van der Waals surface area contributed by atoms with Crippen LogP contribution in [0.3, 0.4) is 0 Å². The van der Waals surface area contributed by atoms with Crippen LogP contribution in [0.4, 0.5) is 5.69 Å². The van der Waals surface area contributed by atoms with Crippen LogP contribution in [0.5, 0.6) is 17.2 Å².